The SMILES string of the molecule is N#Cc1c(C#N)c(C#N)c2c(c1C#N)c1cc3ccccc3cc1c1cc3ccccc3n12. The lowest BCUT2D eigenvalue weighted by Crippen LogP contribution is -2.03. The molecule has 5 heteroatoms. The fourth-order valence-electron chi connectivity index (χ4n) is 4.92. The van der Waals surface area contributed by atoms with Crippen LogP contribution in [0.5, 0.6) is 0 Å². The van der Waals surface area contributed by atoms with Crippen molar-refractivity contribution in [3.05, 3.63) is 89.0 Å². The summed E-state index contributed by atoms with van der Waals surface area (Å²) in [7, 11) is 0. The van der Waals surface area contributed by atoms with Gasteiger partial charge in [0.15, 0.2) is 0 Å². The van der Waals surface area contributed by atoms with E-state index in [9.17, 15) is 21.0 Å². The first-order chi connectivity index (χ1) is 16.2. The molecule has 5 nitrogen and oxygen atoms in total. The molecule has 0 spiro atoms. The second kappa shape index (κ2) is 6.57. The molecule has 6 aromatic rings. The average Bonchev–Trinajstić information content (AvgIpc) is 3.25. The van der Waals surface area contributed by atoms with Crippen molar-refractivity contribution in [3.63, 3.8) is 0 Å². The van der Waals surface area contributed by atoms with E-state index in [0.717, 1.165) is 38.0 Å². The molecule has 2 aromatic heterocycles. The van der Waals surface area contributed by atoms with E-state index in [0.29, 0.717) is 10.9 Å². The molecule has 0 amide bonds. The number of benzene rings is 4. The Morgan fingerprint density at radius 1 is 0.515 bits per heavy atom. The van der Waals surface area contributed by atoms with Crippen LogP contribution in [0.25, 0.3) is 48.9 Å². The van der Waals surface area contributed by atoms with Crippen LogP contribution < -0.4 is 0 Å². The standard InChI is InChI=1S/C28H11N5/c29-12-21-22(13-30)24(15-32)28-27(23(21)14-31)20-10-17-6-2-1-5-16(17)9-19(20)26-11-18-7-3-4-8-25(18)33(26)28/h1-11H. The van der Waals surface area contributed by atoms with Gasteiger partial charge in [0.2, 0.25) is 0 Å². The monoisotopic (exact) mass is 417 g/mol. The minimum absolute atomic E-state index is 0.0608. The molecule has 0 aliphatic rings. The highest BCUT2D eigenvalue weighted by molar-refractivity contribution is 6.21. The Morgan fingerprint density at radius 2 is 1.06 bits per heavy atom. The number of nitriles is 4. The zero-order valence-corrected chi connectivity index (χ0v) is 17.1. The molecule has 0 bridgehead atoms. The molecule has 0 N–H and O–H groups in total. The van der Waals surface area contributed by atoms with Gasteiger partial charge in [0, 0.05) is 16.2 Å². The van der Waals surface area contributed by atoms with Crippen molar-refractivity contribution < 1.29 is 0 Å². The van der Waals surface area contributed by atoms with Gasteiger partial charge in [0.05, 0.1) is 38.8 Å². The first kappa shape index (κ1) is 18.4. The van der Waals surface area contributed by atoms with E-state index >= 15 is 0 Å². The van der Waals surface area contributed by atoms with Crippen molar-refractivity contribution in [2.75, 3.05) is 0 Å². The second-order valence-electron chi connectivity index (χ2n) is 7.84. The molecule has 0 atom stereocenters. The summed E-state index contributed by atoms with van der Waals surface area (Å²) in [5.74, 6) is 0. The third kappa shape index (κ3) is 2.26. The van der Waals surface area contributed by atoms with Gasteiger partial charge in [-0.25, -0.2) is 0 Å². The summed E-state index contributed by atoms with van der Waals surface area (Å²) in [5.41, 5.74) is 2.30. The van der Waals surface area contributed by atoms with Crippen molar-refractivity contribution in [2.24, 2.45) is 0 Å². The largest absolute Gasteiger partial charge is 0.307 e. The smallest absolute Gasteiger partial charge is 0.103 e. The van der Waals surface area contributed by atoms with Crippen LogP contribution in [0.15, 0.2) is 66.7 Å². The summed E-state index contributed by atoms with van der Waals surface area (Å²) in [6.07, 6.45) is 0. The zero-order chi connectivity index (χ0) is 22.7. The van der Waals surface area contributed by atoms with E-state index in [-0.39, 0.29) is 22.3 Å². The van der Waals surface area contributed by atoms with Gasteiger partial charge in [-0.15, -0.1) is 0 Å². The Labute approximate surface area is 187 Å². The van der Waals surface area contributed by atoms with Crippen LogP contribution in [-0.4, -0.2) is 4.40 Å². The van der Waals surface area contributed by atoms with Crippen LogP contribution in [0, 0.1) is 45.3 Å². The minimum atomic E-state index is -0.0664. The molecular formula is C28H11N5. The van der Waals surface area contributed by atoms with Crippen molar-refractivity contribution in [3.8, 4) is 24.3 Å². The lowest BCUT2D eigenvalue weighted by atomic mass is 9.89. The van der Waals surface area contributed by atoms with Gasteiger partial charge in [-0.05, 0) is 40.4 Å². The molecule has 0 fully saturated rings. The highest BCUT2D eigenvalue weighted by Crippen LogP contribution is 2.40. The maximum Gasteiger partial charge on any atom is 0.103 e. The van der Waals surface area contributed by atoms with E-state index in [1.165, 1.54) is 0 Å². The van der Waals surface area contributed by atoms with Crippen molar-refractivity contribution in [1.82, 2.24) is 4.40 Å². The Hall–Kier alpha value is -5.36. The van der Waals surface area contributed by atoms with Crippen LogP contribution in [-0.2, 0) is 0 Å². The predicted octanol–water partition coefficient (Wildman–Crippen LogP) is 6.04. The maximum atomic E-state index is 10.1. The van der Waals surface area contributed by atoms with Gasteiger partial charge in [-0.1, -0.05) is 42.5 Å². The maximum absolute atomic E-state index is 10.1. The number of nitrogens with zero attached hydrogens (tertiary/aromatic N) is 5. The quantitative estimate of drug-likeness (QED) is 0.222. The van der Waals surface area contributed by atoms with Gasteiger partial charge in [0.25, 0.3) is 0 Å². The summed E-state index contributed by atoms with van der Waals surface area (Å²) in [4.78, 5) is 0. The van der Waals surface area contributed by atoms with Crippen molar-refractivity contribution >= 4 is 48.9 Å². The Bertz CT molecular complexity index is 2020. The van der Waals surface area contributed by atoms with Gasteiger partial charge in [-0.3, -0.25) is 0 Å². The fraction of sp³-hybridized carbons (Fsp3) is 0. The summed E-state index contributed by atoms with van der Waals surface area (Å²) < 4.78 is 1.95. The highest BCUT2D eigenvalue weighted by atomic mass is 14.9. The van der Waals surface area contributed by atoms with Crippen molar-refractivity contribution in [1.29, 1.82) is 21.0 Å². The minimum Gasteiger partial charge on any atom is -0.307 e. The molecule has 2 heterocycles. The molecule has 0 aliphatic carbocycles. The van der Waals surface area contributed by atoms with Crippen LogP contribution in [0.3, 0.4) is 0 Å². The third-order valence-corrected chi connectivity index (χ3v) is 6.29. The summed E-state index contributed by atoms with van der Waals surface area (Å²) >= 11 is 0. The van der Waals surface area contributed by atoms with E-state index in [2.05, 4.69) is 24.3 Å². The Morgan fingerprint density at radius 3 is 1.70 bits per heavy atom. The van der Waals surface area contributed by atoms with Gasteiger partial charge >= 0.3 is 0 Å². The highest BCUT2D eigenvalue weighted by Gasteiger charge is 2.25. The summed E-state index contributed by atoms with van der Waals surface area (Å²) in [6, 6.07) is 30.2. The summed E-state index contributed by atoms with van der Waals surface area (Å²) in [5, 5.41) is 45.2. The van der Waals surface area contributed by atoms with Crippen LogP contribution in [0.2, 0.25) is 0 Å². The number of aromatic nitrogens is 1. The normalized spacial score (nSPS) is 10.9. The lowest BCUT2D eigenvalue weighted by Gasteiger charge is -2.15. The molecule has 0 saturated carbocycles. The van der Waals surface area contributed by atoms with Crippen LogP contribution >= 0.6 is 0 Å². The van der Waals surface area contributed by atoms with E-state index < -0.39 is 0 Å². The summed E-state index contributed by atoms with van der Waals surface area (Å²) in [6.45, 7) is 0. The van der Waals surface area contributed by atoms with Gasteiger partial charge in [-0.2, -0.15) is 21.0 Å². The molecule has 0 radical (unpaired) electrons. The molecule has 0 unspecified atom stereocenters. The number of rotatable bonds is 0. The molecule has 0 saturated heterocycles. The Kier molecular flexibility index (Phi) is 3.66. The van der Waals surface area contributed by atoms with E-state index in [1.807, 2.05) is 71.1 Å². The number of para-hydroxylation sites is 1. The average molecular weight is 417 g/mol. The topological polar surface area (TPSA) is 99.6 Å². The van der Waals surface area contributed by atoms with Crippen LogP contribution in [0.1, 0.15) is 22.3 Å². The first-order valence-electron chi connectivity index (χ1n) is 10.2. The third-order valence-electron chi connectivity index (χ3n) is 6.29. The van der Waals surface area contributed by atoms with Gasteiger partial charge < -0.3 is 4.40 Å². The molecule has 0 aliphatic heterocycles. The molecular weight excluding hydrogens is 406 g/mol. The first-order valence-corrected chi connectivity index (χ1v) is 10.2. The number of hydrogen-bond donors (Lipinski definition) is 0. The van der Waals surface area contributed by atoms with Crippen molar-refractivity contribution in [2.45, 2.75) is 0 Å². The predicted molar refractivity (Wildman–Crippen MR) is 126 cm³/mol. The number of hydrogen-bond acceptors (Lipinski definition) is 4. The zero-order valence-electron chi connectivity index (χ0n) is 17.1. The molecule has 33 heavy (non-hydrogen) atoms. The van der Waals surface area contributed by atoms with E-state index in [4.69, 9.17) is 0 Å². The second-order valence-corrected chi connectivity index (χ2v) is 7.84. The van der Waals surface area contributed by atoms with Gasteiger partial charge in [0.1, 0.15) is 24.3 Å². The molecule has 148 valence electrons. The molecule has 4 aromatic carbocycles. The number of pyridine rings is 1. The van der Waals surface area contributed by atoms with E-state index in [1.54, 1.807) is 0 Å². The van der Waals surface area contributed by atoms with Crippen LogP contribution in [0.4, 0.5) is 0 Å². The lowest BCUT2D eigenvalue weighted by molar-refractivity contribution is 1.31. The Balaban J connectivity index is 2.11. The fourth-order valence-corrected chi connectivity index (χ4v) is 4.92. The molecule has 6 rings (SSSR count). The number of fused-ring (bicyclic) bond motifs is 9.